The molecule has 0 fully saturated rings. The van der Waals surface area contributed by atoms with Gasteiger partial charge in [-0.2, -0.15) is 0 Å². The normalized spacial score (nSPS) is 13.0. The van der Waals surface area contributed by atoms with Crippen LogP contribution in [0.4, 0.5) is 17.1 Å². The Hall–Kier alpha value is -6.96. The SMILES string of the molecule is Cc1cccc(N(c2cccc(C)c2)c2ccc(-c3c4ccccc4c(-c4ccc5c(c4)C(C)(C)c4ccccc4-5)c4cc5ccccc5cc34)c3ccccc23)c1. The van der Waals surface area contributed by atoms with Gasteiger partial charge in [-0.15, -0.1) is 0 Å². The highest BCUT2D eigenvalue weighted by Crippen LogP contribution is 2.52. The van der Waals surface area contributed by atoms with Gasteiger partial charge in [0.1, 0.15) is 0 Å². The second-order valence-corrected chi connectivity index (χ2v) is 16.7. The van der Waals surface area contributed by atoms with Crippen molar-refractivity contribution in [3.8, 4) is 33.4 Å². The van der Waals surface area contributed by atoms with Crippen LogP contribution in [-0.4, -0.2) is 0 Å². The number of aryl methyl sites for hydroxylation is 2. The van der Waals surface area contributed by atoms with Crippen molar-refractivity contribution >= 4 is 60.2 Å². The average molecular weight is 742 g/mol. The Kier molecular flexibility index (Phi) is 7.72. The zero-order valence-corrected chi connectivity index (χ0v) is 33.3. The number of rotatable bonds is 5. The zero-order chi connectivity index (χ0) is 39.1. The maximum absolute atomic E-state index is 2.49. The third kappa shape index (κ3) is 5.23. The molecule has 0 aliphatic heterocycles. The van der Waals surface area contributed by atoms with Crippen molar-refractivity contribution in [2.45, 2.75) is 33.1 Å². The third-order valence-corrected chi connectivity index (χ3v) is 12.7. The highest BCUT2D eigenvalue weighted by molar-refractivity contribution is 6.26. The molecule has 0 amide bonds. The van der Waals surface area contributed by atoms with E-state index in [1.807, 2.05) is 0 Å². The Morgan fingerprint density at radius 1 is 0.362 bits per heavy atom. The maximum atomic E-state index is 2.49. The highest BCUT2D eigenvalue weighted by atomic mass is 15.1. The summed E-state index contributed by atoms with van der Waals surface area (Å²) in [6.07, 6.45) is 0. The van der Waals surface area contributed by atoms with Crippen LogP contribution in [-0.2, 0) is 5.41 Å². The molecule has 0 atom stereocenters. The summed E-state index contributed by atoms with van der Waals surface area (Å²) in [6, 6.07) is 70.3. The lowest BCUT2D eigenvalue weighted by Gasteiger charge is -2.28. The molecule has 276 valence electrons. The van der Waals surface area contributed by atoms with E-state index in [4.69, 9.17) is 0 Å². The second kappa shape index (κ2) is 13.0. The fourth-order valence-corrected chi connectivity index (χ4v) is 9.98. The van der Waals surface area contributed by atoms with Gasteiger partial charge in [-0.3, -0.25) is 0 Å². The van der Waals surface area contributed by atoms with E-state index in [1.165, 1.54) is 98.7 Å². The van der Waals surface area contributed by atoms with Crippen LogP contribution < -0.4 is 4.90 Å². The predicted molar refractivity (Wildman–Crippen MR) is 249 cm³/mol. The Bertz CT molecular complexity index is 3250. The first-order chi connectivity index (χ1) is 28.3. The molecule has 0 radical (unpaired) electrons. The first-order valence-electron chi connectivity index (χ1n) is 20.4. The van der Waals surface area contributed by atoms with E-state index in [2.05, 4.69) is 221 Å². The third-order valence-electron chi connectivity index (χ3n) is 12.7. The number of nitrogens with zero attached hydrogens (tertiary/aromatic N) is 1. The van der Waals surface area contributed by atoms with Crippen LogP contribution in [0.15, 0.2) is 188 Å². The van der Waals surface area contributed by atoms with Crippen molar-refractivity contribution in [3.05, 3.63) is 210 Å². The topological polar surface area (TPSA) is 3.24 Å². The molecule has 0 aromatic heterocycles. The van der Waals surface area contributed by atoms with E-state index >= 15 is 0 Å². The average Bonchev–Trinajstić information content (AvgIpc) is 3.47. The van der Waals surface area contributed by atoms with Crippen LogP contribution in [0.5, 0.6) is 0 Å². The summed E-state index contributed by atoms with van der Waals surface area (Å²) in [6.45, 7) is 9.10. The van der Waals surface area contributed by atoms with E-state index in [0.717, 1.165) is 17.1 Å². The van der Waals surface area contributed by atoms with Crippen LogP contribution in [0, 0.1) is 13.8 Å². The summed E-state index contributed by atoms with van der Waals surface area (Å²) in [4.78, 5) is 2.42. The van der Waals surface area contributed by atoms with Gasteiger partial charge in [0.25, 0.3) is 0 Å². The molecule has 1 nitrogen and oxygen atoms in total. The minimum atomic E-state index is -0.0916. The molecule has 10 aromatic carbocycles. The highest BCUT2D eigenvalue weighted by Gasteiger charge is 2.35. The molecule has 0 bridgehead atoms. The largest absolute Gasteiger partial charge is 0.310 e. The first kappa shape index (κ1) is 34.3. The minimum absolute atomic E-state index is 0.0916. The molecule has 1 aliphatic carbocycles. The standard InChI is InChI=1S/C57H43N/c1-36-15-13-19-41(31-36)58(42-20-14-16-37(2)32-42)54-30-29-49(43-21-7-8-23-46(43)54)56-48-25-10-9-24-47(48)55(50-33-38-17-5-6-18-39(38)34-51(50)56)40-27-28-45-44-22-11-12-26-52(44)57(3,4)53(45)35-40/h5-35H,1-4H3. The van der Waals surface area contributed by atoms with Crippen LogP contribution in [0.25, 0.3) is 76.5 Å². The van der Waals surface area contributed by atoms with Gasteiger partial charge in [0, 0.05) is 22.2 Å². The lowest BCUT2D eigenvalue weighted by molar-refractivity contribution is 0.660. The van der Waals surface area contributed by atoms with Crippen molar-refractivity contribution in [1.82, 2.24) is 0 Å². The van der Waals surface area contributed by atoms with Crippen LogP contribution in [0.1, 0.15) is 36.1 Å². The summed E-state index contributed by atoms with van der Waals surface area (Å²) in [7, 11) is 0. The number of benzene rings is 10. The van der Waals surface area contributed by atoms with E-state index in [1.54, 1.807) is 0 Å². The molecule has 58 heavy (non-hydrogen) atoms. The molecule has 0 unspecified atom stereocenters. The van der Waals surface area contributed by atoms with E-state index in [0.29, 0.717) is 0 Å². The minimum Gasteiger partial charge on any atom is -0.310 e. The van der Waals surface area contributed by atoms with Crippen molar-refractivity contribution < 1.29 is 0 Å². The van der Waals surface area contributed by atoms with Crippen molar-refractivity contribution in [2.75, 3.05) is 4.90 Å². The van der Waals surface area contributed by atoms with Gasteiger partial charge in [-0.05, 0) is 156 Å². The smallest absolute Gasteiger partial charge is 0.0540 e. The van der Waals surface area contributed by atoms with E-state index < -0.39 is 0 Å². The molecular weight excluding hydrogens is 699 g/mol. The molecule has 1 heteroatoms. The number of hydrogen-bond donors (Lipinski definition) is 0. The molecule has 0 N–H and O–H groups in total. The molecule has 0 spiro atoms. The van der Waals surface area contributed by atoms with Crippen LogP contribution in [0.3, 0.4) is 0 Å². The maximum Gasteiger partial charge on any atom is 0.0540 e. The Morgan fingerprint density at radius 2 is 0.897 bits per heavy atom. The molecule has 0 saturated heterocycles. The number of fused-ring (bicyclic) bond motifs is 7. The molecule has 0 heterocycles. The Morgan fingerprint density at radius 3 is 1.57 bits per heavy atom. The fourth-order valence-electron chi connectivity index (χ4n) is 9.98. The lowest BCUT2D eigenvalue weighted by atomic mass is 9.80. The Balaban J connectivity index is 1.21. The van der Waals surface area contributed by atoms with Gasteiger partial charge in [-0.25, -0.2) is 0 Å². The summed E-state index contributed by atoms with van der Waals surface area (Å²) >= 11 is 0. The van der Waals surface area contributed by atoms with Crippen molar-refractivity contribution in [1.29, 1.82) is 0 Å². The molecule has 10 aromatic rings. The quantitative estimate of drug-likeness (QED) is 0.159. The summed E-state index contributed by atoms with van der Waals surface area (Å²) in [5.41, 5.74) is 16.4. The van der Waals surface area contributed by atoms with Crippen LogP contribution in [0.2, 0.25) is 0 Å². The molecule has 0 saturated carbocycles. The van der Waals surface area contributed by atoms with E-state index in [9.17, 15) is 0 Å². The van der Waals surface area contributed by atoms with Gasteiger partial charge in [0.05, 0.1) is 5.69 Å². The lowest BCUT2D eigenvalue weighted by Crippen LogP contribution is -2.14. The van der Waals surface area contributed by atoms with Gasteiger partial charge >= 0.3 is 0 Å². The van der Waals surface area contributed by atoms with Crippen molar-refractivity contribution in [2.24, 2.45) is 0 Å². The van der Waals surface area contributed by atoms with Gasteiger partial charge in [0.2, 0.25) is 0 Å². The van der Waals surface area contributed by atoms with Gasteiger partial charge < -0.3 is 4.90 Å². The summed E-state index contributed by atoms with van der Waals surface area (Å²) in [5, 5.41) is 10.0. The Labute approximate surface area is 340 Å². The first-order valence-corrected chi connectivity index (χ1v) is 20.4. The monoisotopic (exact) mass is 741 g/mol. The van der Waals surface area contributed by atoms with Gasteiger partial charge in [0.15, 0.2) is 0 Å². The predicted octanol–water partition coefficient (Wildman–Crippen LogP) is 16.0. The number of anilines is 3. The van der Waals surface area contributed by atoms with Gasteiger partial charge in [-0.1, -0.05) is 153 Å². The molecular formula is C57H43N. The zero-order valence-electron chi connectivity index (χ0n) is 33.3. The fraction of sp³-hybridized carbons (Fsp3) is 0.0877. The molecule has 1 aliphatic rings. The van der Waals surface area contributed by atoms with Crippen molar-refractivity contribution in [3.63, 3.8) is 0 Å². The summed E-state index contributed by atoms with van der Waals surface area (Å²) < 4.78 is 0. The van der Waals surface area contributed by atoms with E-state index in [-0.39, 0.29) is 5.41 Å². The van der Waals surface area contributed by atoms with Crippen LogP contribution >= 0.6 is 0 Å². The summed E-state index contributed by atoms with van der Waals surface area (Å²) in [5.74, 6) is 0. The number of hydrogen-bond acceptors (Lipinski definition) is 1. The second-order valence-electron chi connectivity index (χ2n) is 16.7. The molecule has 11 rings (SSSR count).